The minimum Gasteiger partial charge on any atom is -0.479 e. The third kappa shape index (κ3) is 2.32. The lowest BCUT2D eigenvalue weighted by molar-refractivity contribution is -0.0511. The predicted octanol–water partition coefficient (Wildman–Crippen LogP) is -0.832. The second-order valence-electron chi connectivity index (χ2n) is 4.77. The molecule has 0 bridgehead atoms. The molecule has 22 heavy (non-hydrogen) atoms. The highest BCUT2D eigenvalue weighted by atomic mass is 32.2. The zero-order valence-corrected chi connectivity index (χ0v) is 12.8. The molecule has 1 aliphatic rings. The maximum Gasteiger partial charge on any atom is 0.246 e. The molecule has 2 aromatic rings. The van der Waals surface area contributed by atoms with Gasteiger partial charge < -0.3 is 24.8 Å². The molecule has 1 aliphatic heterocycles. The minimum absolute atomic E-state index is 0.319. The summed E-state index contributed by atoms with van der Waals surface area (Å²) in [4.78, 5) is 12.7. The Morgan fingerprint density at radius 2 is 2.14 bits per heavy atom. The van der Waals surface area contributed by atoms with Crippen LogP contribution in [0.25, 0.3) is 11.2 Å². The standard InChI is InChI=1S/C12H16N4O5S/c1-20-10-6-9(14-12(15-10)22-2)16(4-13-6)11-8(19)7(18)5(3-17)21-11/h4-5,7-8,11,17-19H,3H2,1-2H3. The van der Waals surface area contributed by atoms with Gasteiger partial charge in [0.05, 0.1) is 20.0 Å². The second kappa shape index (κ2) is 5.97. The van der Waals surface area contributed by atoms with E-state index in [1.54, 1.807) is 0 Å². The van der Waals surface area contributed by atoms with Crippen LogP contribution in [0.15, 0.2) is 11.5 Å². The van der Waals surface area contributed by atoms with Crippen molar-refractivity contribution in [3.05, 3.63) is 6.33 Å². The average Bonchev–Trinajstić information content (AvgIpc) is 3.08. The van der Waals surface area contributed by atoms with Crippen molar-refractivity contribution >= 4 is 22.9 Å². The van der Waals surface area contributed by atoms with Gasteiger partial charge in [0.25, 0.3) is 0 Å². The Labute approximate surface area is 129 Å². The zero-order chi connectivity index (χ0) is 15.9. The van der Waals surface area contributed by atoms with E-state index in [4.69, 9.17) is 9.47 Å². The number of rotatable bonds is 4. The molecule has 0 aliphatic carbocycles. The van der Waals surface area contributed by atoms with Gasteiger partial charge in [0.1, 0.15) is 18.3 Å². The Morgan fingerprint density at radius 1 is 1.36 bits per heavy atom. The van der Waals surface area contributed by atoms with Crippen LogP contribution in [0.3, 0.4) is 0 Å². The van der Waals surface area contributed by atoms with Crippen molar-refractivity contribution in [3.8, 4) is 5.88 Å². The smallest absolute Gasteiger partial charge is 0.246 e. The first-order valence-corrected chi connectivity index (χ1v) is 7.78. The van der Waals surface area contributed by atoms with E-state index in [1.165, 1.54) is 29.8 Å². The number of thioether (sulfide) groups is 1. The summed E-state index contributed by atoms with van der Waals surface area (Å²) in [5.74, 6) is 0.319. The third-order valence-electron chi connectivity index (χ3n) is 3.54. The van der Waals surface area contributed by atoms with Crippen LogP contribution in [0.1, 0.15) is 6.23 Å². The van der Waals surface area contributed by atoms with Gasteiger partial charge in [0.15, 0.2) is 22.5 Å². The minimum atomic E-state index is -1.20. The van der Waals surface area contributed by atoms with E-state index in [1.807, 2.05) is 6.26 Å². The van der Waals surface area contributed by atoms with Gasteiger partial charge in [-0.25, -0.2) is 9.97 Å². The van der Waals surface area contributed by atoms with Gasteiger partial charge in [-0.2, -0.15) is 4.98 Å². The number of fused-ring (bicyclic) bond motifs is 1. The summed E-state index contributed by atoms with van der Waals surface area (Å²) >= 11 is 1.34. The lowest BCUT2D eigenvalue weighted by Crippen LogP contribution is -2.33. The first-order chi connectivity index (χ1) is 10.6. The lowest BCUT2D eigenvalue weighted by atomic mass is 10.1. The SMILES string of the molecule is COc1nc(SC)nc2c1ncn2C1OC(CO)C(O)C1O. The number of hydrogen-bond donors (Lipinski definition) is 3. The first kappa shape index (κ1) is 15.4. The Bertz CT molecular complexity index is 681. The molecule has 1 fully saturated rings. The summed E-state index contributed by atoms with van der Waals surface area (Å²) in [5.41, 5.74) is 0.851. The molecule has 0 saturated carbocycles. The van der Waals surface area contributed by atoms with Crippen molar-refractivity contribution in [2.45, 2.75) is 29.7 Å². The molecule has 3 N–H and O–H groups in total. The van der Waals surface area contributed by atoms with Gasteiger partial charge in [0.2, 0.25) is 5.88 Å². The number of hydrogen-bond acceptors (Lipinski definition) is 9. The van der Waals surface area contributed by atoms with Crippen molar-refractivity contribution in [1.29, 1.82) is 0 Å². The molecule has 2 aromatic heterocycles. The van der Waals surface area contributed by atoms with E-state index in [0.29, 0.717) is 22.2 Å². The van der Waals surface area contributed by atoms with Gasteiger partial charge in [-0.3, -0.25) is 4.57 Å². The summed E-state index contributed by atoms with van der Waals surface area (Å²) < 4.78 is 12.2. The quantitative estimate of drug-likeness (QED) is 0.487. The second-order valence-corrected chi connectivity index (χ2v) is 5.55. The number of methoxy groups -OCH3 is 1. The molecule has 0 spiro atoms. The van der Waals surface area contributed by atoms with Crippen LogP contribution in [0.2, 0.25) is 0 Å². The number of nitrogens with zero attached hydrogens (tertiary/aromatic N) is 4. The van der Waals surface area contributed by atoms with Crippen LogP contribution in [-0.2, 0) is 4.74 Å². The van der Waals surface area contributed by atoms with Crippen molar-refractivity contribution in [2.75, 3.05) is 20.0 Å². The van der Waals surface area contributed by atoms with Crippen LogP contribution in [0.5, 0.6) is 5.88 Å². The van der Waals surface area contributed by atoms with Crippen molar-refractivity contribution in [3.63, 3.8) is 0 Å². The predicted molar refractivity (Wildman–Crippen MR) is 76.7 cm³/mol. The maximum absolute atomic E-state index is 10.1. The largest absolute Gasteiger partial charge is 0.479 e. The fourth-order valence-corrected chi connectivity index (χ4v) is 2.75. The molecule has 4 unspecified atom stereocenters. The van der Waals surface area contributed by atoms with Crippen molar-refractivity contribution in [2.24, 2.45) is 0 Å². The maximum atomic E-state index is 10.1. The number of aliphatic hydroxyl groups is 3. The first-order valence-electron chi connectivity index (χ1n) is 6.55. The van der Waals surface area contributed by atoms with Crippen molar-refractivity contribution < 1.29 is 24.8 Å². The molecule has 4 atom stereocenters. The van der Waals surface area contributed by atoms with Crippen LogP contribution >= 0.6 is 11.8 Å². The monoisotopic (exact) mass is 328 g/mol. The fraction of sp³-hybridized carbons (Fsp3) is 0.583. The Hall–Kier alpha value is -1.46. The number of aromatic nitrogens is 4. The molecular weight excluding hydrogens is 312 g/mol. The highest BCUT2D eigenvalue weighted by Gasteiger charge is 2.44. The highest BCUT2D eigenvalue weighted by molar-refractivity contribution is 7.98. The summed E-state index contributed by atoms with van der Waals surface area (Å²) in [6.45, 7) is -0.393. The van der Waals surface area contributed by atoms with Gasteiger partial charge >= 0.3 is 0 Å². The van der Waals surface area contributed by atoms with Gasteiger partial charge in [-0.15, -0.1) is 0 Å². The van der Waals surface area contributed by atoms with Gasteiger partial charge in [0, 0.05) is 0 Å². The van der Waals surface area contributed by atoms with E-state index in [0.717, 1.165) is 0 Å². The van der Waals surface area contributed by atoms with E-state index >= 15 is 0 Å². The topological polar surface area (TPSA) is 123 Å². The molecule has 10 heteroatoms. The normalized spacial score (nSPS) is 28.4. The molecule has 3 heterocycles. The Balaban J connectivity index is 2.08. The van der Waals surface area contributed by atoms with Gasteiger partial charge in [-0.1, -0.05) is 11.8 Å². The summed E-state index contributed by atoms with van der Waals surface area (Å²) in [6.07, 6.45) is -0.878. The van der Waals surface area contributed by atoms with E-state index in [2.05, 4.69) is 15.0 Å². The van der Waals surface area contributed by atoms with Crippen LogP contribution in [-0.4, -0.2) is 73.1 Å². The van der Waals surface area contributed by atoms with E-state index < -0.39 is 31.1 Å². The molecule has 0 radical (unpaired) electrons. The molecule has 3 rings (SSSR count). The molecule has 0 aromatic carbocycles. The van der Waals surface area contributed by atoms with Crippen LogP contribution in [0.4, 0.5) is 0 Å². The number of ether oxygens (including phenoxy) is 2. The molecule has 120 valence electrons. The van der Waals surface area contributed by atoms with Crippen molar-refractivity contribution in [1.82, 2.24) is 19.5 Å². The van der Waals surface area contributed by atoms with E-state index in [9.17, 15) is 15.3 Å². The van der Waals surface area contributed by atoms with Gasteiger partial charge in [-0.05, 0) is 6.26 Å². The average molecular weight is 328 g/mol. The summed E-state index contributed by atoms with van der Waals surface area (Å²) in [6, 6.07) is 0. The third-order valence-corrected chi connectivity index (χ3v) is 4.08. The molecule has 9 nitrogen and oxygen atoms in total. The molecule has 0 amide bonds. The van der Waals surface area contributed by atoms with Crippen LogP contribution < -0.4 is 4.74 Å². The zero-order valence-electron chi connectivity index (χ0n) is 11.9. The lowest BCUT2D eigenvalue weighted by Gasteiger charge is -2.16. The number of aliphatic hydroxyl groups excluding tert-OH is 3. The molecular formula is C12H16N4O5S. The Kier molecular flexibility index (Phi) is 4.19. The van der Waals surface area contributed by atoms with Crippen LogP contribution in [0, 0.1) is 0 Å². The summed E-state index contributed by atoms with van der Waals surface area (Å²) in [5, 5.41) is 29.7. The fourth-order valence-electron chi connectivity index (χ4n) is 2.40. The number of imidazole rings is 1. The summed E-state index contributed by atoms with van der Waals surface area (Å²) in [7, 11) is 1.48. The molecule has 1 saturated heterocycles. The Morgan fingerprint density at radius 3 is 2.73 bits per heavy atom. The highest BCUT2D eigenvalue weighted by Crippen LogP contribution is 2.33. The van der Waals surface area contributed by atoms with E-state index in [-0.39, 0.29) is 0 Å².